The van der Waals surface area contributed by atoms with Gasteiger partial charge in [0.05, 0.1) is 0 Å². The van der Waals surface area contributed by atoms with E-state index in [1.165, 1.54) is 0 Å². The van der Waals surface area contributed by atoms with Gasteiger partial charge in [0.15, 0.2) is 0 Å². The van der Waals surface area contributed by atoms with Crippen LogP contribution in [0.25, 0.3) is 0 Å². The molecule has 0 bridgehead atoms. The van der Waals surface area contributed by atoms with Gasteiger partial charge in [-0.15, -0.1) is 0 Å². The van der Waals surface area contributed by atoms with Crippen LogP contribution in [0.5, 0.6) is 11.5 Å². The molecule has 0 fully saturated rings. The van der Waals surface area contributed by atoms with Crippen LogP contribution in [0.2, 0.25) is 0 Å². The van der Waals surface area contributed by atoms with E-state index in [2.05, 4.69) is 10.3 Å². The summed E-state index contributed by atoms with van der Waals surface area (Å²) in [4.78, 5) is 17.0. The number of rotatable bonds is 6. The van der Waals surface area contributed by atoms with E-state index < -0.39 is 0 Å². The Morgan fingerprint density at radius 3 is 2.27 bits per heavy atom. The molecule has 3 aromatic carbocycles. The van der Waals surface area contributed by atoms with E-state index in [4.69, 9.17) is 10.5 Å². The number of amides is 1. The largest absolute Gasteiger partial charge is 0.457 e. The number of aromatic nitrogens is 1. The normalized spacial score (nSPS) is 10.4. The highest BCUT2D eigenvalue weighted by Gasteiger charge is 2.14. The van der Waals surface area contributed by atoms with E-state index in [9.17, 15) is 4.79 Å². The number of anilines is 2. The summed E-state index contributed by atoms with van der Waals surface area (Å²) in [6, 6.07) is 26.0. The van der Waals surface area contributed by atoms with Gasteiger partial charge in [-0.1, -0.05) is 24.3 Å². The van der Waals surface area contributed by atoms with Crippen molar-refractivity contribution in [1.29, 1.82) is 0 Å². The molecule has 1 aromatic heterocycles. The summed E-state index contributed by atoms with van der Waals surface area (Å²) in [6.07, 6.45) is 4.02. The average molecular weight is 395 g/mol. The molecule has 0 aliphatic heterocycles. The van der Waals surface area contributed by atoms with Crippen molar-refractivity contribution >= 4 is 17.3 Å². The maximum Gasteiger partial charge on any atom is 0.256 e. The number of nitrogens with zero attached hydrogens (tertiary/aromatic N) is 1. The van der Waals surface area contributed by atoms with Crippen molar-refractivity contribution in [1.82, 2.24) is 4.98 Å². The van der Waals surface area contributed by atoms with E-state index in [1.807, 2.05) is 72.8 Å². The third-order valence-corrected chi connectivity index (χ3v) is 4.68. The first kappa shape index (κ1) is 19.2. The standard InChI is InChI=1S/C25H21N3O2/c26-24-8-4-7-22(23(24)17-18-13-15-27-16-14-18)25(29)28-19-9-11-21(12-10-19)30-20-5-2-1-3-6-20/h1-16H,17,26H2,(H,28,29). The molecular weight excluding hydrogens is 374 g/mol. The van der Waals surface area contributed by atoms with Crippen LogP contribution in [0.1, 0.15) is 21.5 Å². The number of nitrogen functional groups attached to an aromatic ring is 1. The smallest absolute Gasteiger partial charge is 0.256 e. The van der Waals surface area contributed by atoms with E-state index in [1.54, 1.807) is 24.5 Å². The maximum absolute atomic E-state index is 12.9. The summed E-state index contributed by atoms with van der Waals surface area (Å²) in [6.45, 7) is 0. The second kappa shape index (κ2) is 8.92. The SMILES string of the molecule is Nc1cccc(C(=O)Nc2ccc(Oc3ccccc3)cc2)c1Cc1ccncc1. The van der Waals surface area contributed by atoms with Crippen LogP contribution < -0.4 is 15.8 Å². The Labute approximate surface area is 175 Å². The molecule has 1 amide bonds. The summed E-state index contributed by atoms with van der Waals surface area (Å²) in [5.41, 5.74) is 9.84. The monoisotopic (exact) mass is 395 g/mol. The number of hydrogen-bond donors (Lipinski definition) is 2. The van der Waals surface area contributed by atoms with Gasteiger partial charge in [0.1, 0.15) is 11.5 Å². The van der Waals surface area contributed by atoms with Crippen LogP contribution >= 0.6 is 0 Å². The predicted molar refractivity (Wildman–Crippen MR) is 119 cm³/mol. The van der Waals surface area contributed by atoms with Gasteiger partial charge in [-0.2, -0.15) is 0 Å². The van der Waals surface area contributed by atoms with Gasteiger partial charge in [0, 0.05) is 35.8 Å². The molecule has 0 saturated carbocycles. The molecule has 0 aliphatic rings. The molecular formula is C25H21N3O2. The Morgan fingerprint density at radius 1 is 0.833 bits per heavy atom. The number of para-hydroxylation sites is 1. The van der Waals surface area contributed by atoms with Gasteiger partial charge in [-0.3, -0.25) is 9.78 Å². The second-order valence-electron chi connectivity index (χ2n) is 6.80. The summed E-state index contributed by atoms with van der Waals surface area (Å²) >= 11 is 0. The molecule has 3 N–H and O–H groups in total. The fraction of sp³-hybridized carbons (Fsp3) is 0.0400. The van der Waals surface area contributed by atoms with Gasteiger partial charge < -0.3 is 15.8 Å². The number of hydrogen-bond acceptors (Lipinski definition) is 4. The molecule has 148 valence electrons. The first-order valence-electron chi connectivity index (χ1n) is 9.59. The van der Waals surface area contributed by atoms with Crippen LogP contribution in [-0.2, 0) is 6.42 Å². The van der Waals surface area contributed by atoms with Crippen molar-refractivity contribution in [2.45, 2.75) is 6.42 Å². The van der Waals surface area contributed by atoms with E-state index in [0.29, 0.717) is 29.1 Å². The fourth-order valence-corrected chi connectivity index (χ4v) is 3.15. The maximum atomic E-state index is 12.9. The molecule has 4 rings (SSSR count). The average Bonchev–Trinajstić information content (AvgIpc) is 2.78. The lowest BCUT2D eigenvalue weighted by atomic mass is 9.98. The minimum atomic E-state index is -0.205. The Morgan fingerprint density at radius 2 is 1.53 bits per heavy atom. The predicted octanol–water partition coefficient (Wildman–Crippen LogP) is 5.30. The highest BCUT2D eigenvalue weighted by atomic mass is 16.5. The molecule has 5 nitrogen and oxygen atoms in total. The summed E-state index contributed by atoms with van der Waals surface area (Å²) < 4.78 is 5.79. The molecule has 4 aromatic rings. The van der Waals surface area contributed by atoms with Crippen molar-refractivity contribution < 1.29 is 9.53 Å². The lowest BCUT2D eigenvalue weighted by Crippen LogP contribution is -2.15. The number of carbonyl (C=O) groups excluding carboxylic acids is 1. The molecule has 0 saturated heterocycles. The highest BCUT2D eigenvalue weighted by molar-refractivity contribution is 6.06. The first-order chi connectivity index (χ1) is 14.7. The lowest BCUT2D eigenvalue weighted by Gasteiger charge is -2.13. The summed E-state index contributed by atoms with van der Waals surface area (Å²) in [5, 5.41) is 2.94. The zero-order valence-electron chi connectivity index (χ0n) is 16.3. The van der Waals surface area contributed by atoms with Gasteiger partial charge in [0.25, 0.3) is 5.91 Å². The number of carbonyl (C=O) groups is 1. The minimum Gasteiger partial charge on any atom is -0.457 e. The van der Waals surface area contributed by atoms with E-state index >= 15 is 0 Å². The summed E-state index contributed by atoms with van der Waals surface area (Å²) in [5.74, 6) is 1.25. The van der Waals surface area contributed by atoms with Gasteiger partial charge in [-0.05, 0) is 71.8 Å². The van der Waals surface area contributed by atoms with Crippen LogP contribution in [0.3, 0.4) is 0 Å². The Bertz CT molecular complexity index is 1130. The highest BCUT2D eigenvalue weighted by Crippen LogP contribution is 2.25. The molecule has 0 radical (unpaired) electrons. The minimum absolute atomic E-state index is 0.205. The lowest BCUT2D eigenvalue weighted by molar-refractivity contribution is 0.102. The van der Waals surface area contributed by atoms with Crippen LogP contribution in [0.15, 0.2) is 97.3 Å². The zero-order chi connectivity index (χ0) is 20.8. The fourth-order valence-electron chi connectivity index (χ4n) is 3.15. The number of nitrogens with one attached hydrogen (secondary N) is 1. The van der Waals surface area contributed by atoms with Crippen molar-refractivity contribution in [2.75, 3.05) is 11.1 Å². The van der Waals surface area contributed by atoms with Crippen molar-refractivity contribution in [3.63, 3.8) is 0 Å². The third-order valence-electron chi connectivity index (χ3n) is 4.68. The molecule has 0 unspecified atom stereocenters. The topological polar surface area (TPSA) is 77.2 Å². The Balaban J connectivity index is 1.49. The molecule has 0 spiro atoms. The number of nitrogens with two attached hydrogens (primary N) is 1. The van der Waals surface area contributed by atoms with E-state index in [-0.39, 0.29) is 5.91 Å². The van der Waals surface area contributed by atoms with Crippen LogP contribution in [-0.4, -0.2) is 10.9 Å². The van der Waals surface area contributed by atoms with Crippen molar-refractivity contribution in [3.05, 3.63) is 114 Å². The quantitative estimate of drug-likeness (QED) is 0.434. The molecule has 30 heavy (non-hydrogen) atoms. The molecule has 1 heterocycles. The Hall–Kier alpha value is -4.12. The number of ether oxygens (including phenoxy) is 1. The summed E-state index contributed by atoms with van der Waals surface area (Å²) in [7, 11) is 0. The zero-order valence-corrected chi connectivity index (χ0v) is 16.3. The molecule has 0 aliphatic carbocycles. The van der Waals surface area contributed by atoms with Gasteiger partial charge in [0.2, 0.25) is 0 Å². The van der Waals surface area contributed by atoms with Gasteiger partial charge >= 0.3 is 0 Å². The molecule has 5 heteroatoms. The third kappa shape index (κ3) is 4.64. The molecule has 0 atom stereocenters. The van der Waals surface area contributed by atoms with Crippen molar-refractivity contribution in [3.8, 4) is 11.5 Å². The van der Waals surface area contributed by atoms with Crippen LogP contribution in [0, 0.1) is 0 Å². The first-order valence-corrected chi connectivity index (χ1v) is 9.59. The van der Waals surface area contributed by atoms with Crippen LogP contribution in [0.4, 0.5) is 11.4 Å². The number of pyridine rings is 1. The Kier molecular flexibility index (Phi) is 5.71. The van der Waals surface area contributed by atoms with Gasteiger partial charge in [-0.25, -0.2) is 0 Å². The van der Waals surface area contributed by atoms with E-state index in [0.717, 1.165) is 16.9 Å². The second-order valence-corrected chi connectivity index (χ2v) is 6.80. The number of benzene rings is 3. The van der Waals surface area contributed by atoms with Crippen molar-refractivity contribution in [2.24, 2.45) is 0 Å².